The fourth-order valence-corrected chi connectivity index (χ4v) is 3.66. The molecule has 0 spiro atoms. The van der Waals surface area contributed by atoms with E-state index in [0.717, 1.165) is 18.4 Å². The number of esters is 1. The maximum atomic E-state index is 13.1. The summed E-state index contributed by atoms with van der Waals surface area (Å²) in [6.07, 6.45) is 2.08. The summed E-state index contributed by atoms with van der Waals surface area (Å²) in [5, 5.41) is 5.69. The van der Waals surface area contributed by atoms with Gasteiger partial charge >= 0.3 is 12.0 Å². The van der Waals surface area contributed by atoms with Gasteiger partial charge in [-0.05, 0) is 49.9 Å². The van der Waals surface area contributed by atoms with Gasteiger partial charge in [0.15, 0.2) is 11.5 Å². The Morgan fingerprint density at radius 1 is 1.09 bits per heavy atom. The zero-order chi connectivity index (χ0) is 23.8. The van der Waals surface area contributed by atoms with Crippen molar-refractivity contribution >= 4 is 12.0 Å². The van der Waals surface area contributed by atoms with Crippen molar-refractivity contribution in [3.8, 4) is 11.5 Å². The number of hydrogen-bond donors (Lipinski definition) is 2. The van der Waals surface area contributed by atoms with Crippen LogP contribution in [-0.4, -0.2) is 25.2 Å². The van der Waals surface area contributed by atoms with E-state index in [-0.39, 0.29) is 12.1 Å². The van der Waals surface area contributed by atoms with Crippen LogP contribution in [-0.2, 0) is 16.1 Å². The summed E-state index contributed by atoms with van der Waals surface area (Å²) in [4.78, 5) is 25.5. The van der Waals surface area contributed by atoms with Crippen LogP contribution in [0.15, 0.2) is 59.8 Å². The van der Waals surface area contributed by atoms with Crippen LogP contribution in [0.25, 0.3) is 0 Å². The molecule has 0 aromatic heterocycles. The van der Waals surface area contributed by atoms with E-state index in [2.05, 4.69) is 17.6 Å². The average molecular weight is 453 g/mol. The summed E-state index contributed by atoms with van der Waals surface area (Å²) in [5.74, 6) is 0.644. The zero-order valence-corrected chi connectivity index (χ0v) is 19.6. The van der Waals surface area contributed by atoms with Crippen LogP contribution in [0.3, 0.4) is 0 Å². The SMILES string of the molecule is CCCCC1=C(C(=O)OC(C)C)C(c2ccc(OC)c(OCc3ccccc3)c2)NC(=O)N1. The van der Waals surface area contributed by atoms with Crippen molar-refractivity contribution in [3.63, 3.8) is 0 Å². The fourth-order valence-electron chi connectivity index (χ4n) is 3.66. The van der Waals surface area contributed by atoms with Crippen LogP contribution in [0.5, 0.6) is 11.5 Å². The highest BCUT2D eigenvalue weighted by atomic mass is 16.5. The first kappa shape index (κ1) is 24.2. The number of carbonyl (C=O) groups is 2. The molecular weight excluding hydrogens is 420 g/mol. The minimum atomic E-state index is -0.665. The van der Waals surface area contributed by atoms with Crippen LogP contribution in [0.4, 0.5) is 4.79 Å². The Morgan fingerprint density at radius 2 is 1.85 bits per heavy atom. The van der Waals surface area contributed by atoms with Gasteiger partial charge in [0, 0.05) is 5.70 Å². The lowest BCUT2D eigenvalue weighted by Gasteiger charge is -2.30. The predicted molar refractivity (Wildman–Crippen MR) is 126 cm³/mol. The Hall–Kier alpha value is -3.48. The molecule has 0 saturated carbocycles. The lowest BCUT2D eigenvalue weighted by Crippen LogP contribution is -2.46. The second-order valence-corrected chi connectivity index (χ2v) is 8.17. The van der Waals surface area contributed by atoms with Crippen molar-refractivity contribution in [2.45, 2.75) is 58.8 Å². The zero-order valence-electron chi connectivity index (χ0n) is 19.6. The van der Waals surface area contributed by atoms with E-state index in [1.54, 1.807) is 33.1 Å². The molecule has 1 atom stereocenters. The van der Waals surface area contributed by atoms with Crippen molar-refractivity contribution in [2.24, 2.45) is 0 Å². The van der Waals surface area contributed by atoms with Crippen LogP contribution < -0.4 is 20.1 Å². The highest BCUT2D eigenvalue weighted by Crippen LogP contribution is 2.36. The van der Waals surface area contributed by atoms with Crippen LogP contribution >= 0.6 is 0 Å². The molecule has 0 aliphatic carbocycles. The minimum Gasteiger partial charge on any atom is -0.493 e. The third kappa shape index (κ3) is 6.28. The Bertz CT molecular complexity index is 1000. The molecule has 2 amide bonds. The highest BCUT2D eigenvalue weighted by Gasteiger charge is 2.34. The molecule has 2 N–H and O–H groups in total. The second-order valence-electron chi connectivity index (χ2n) is 8.17. The first-order valence-corrected chi connectivity index (χ1v) is 11.3. The fraction of sp³-hybridized carbons (Fsp3) is 0.385. The third-order valence-corrected chi connectivity index (χ3v) is 5.25. The second kappa shape index (κ2) is 11.4. The highest BCUT2D eigenvalue weighted by molar-refractivity contribution is 5.95. The predicted octanol–water partition coefficient (Wildman–Crippen LogP) is 5.02. The van der Waals surface area contributed by atoms with Crippen molar-refractivity contribution < 1.29 is 23.8 Å². The van der Waals surface area contributed by atoms with E-state index in [0.29, 0.717) is 41.4 Å². The smallest absolute Gasteiger partial charge is 0.338 e. The van der Waals surface area contributed by atoms with Gasteiger partial charge in [-0.1, -0.05) is 49.7 Å². The largest absolute Gasteiger partial charge is 0.493 e. The summed E-state index contributed by atoms with van der Waals surface area (Å²) in [5.41, 5.74) is 2.73. The standard InChI is InChI=1S/C26H32N2O5/c1-5-6-12-20-23(25(29)33-17(2)3)24(28-26(30)27-20)19-13-14-21(31-4)22(15-19)32-16-18-10-8-7-9-11-18/h7-11,13-15,17,24H,5-6,12,16H2,1-4H3,(H2,27,28,30). The van der Waals surface area contributed by atoms with Gasteiger partial charge in [0.2, 0.25) is 0 Å². The molecule has 0 saturated heterocycles. The molecule has 33 heavy (non-hydrogen) atoms. The molecule has 0 radical (unpaired) electrons. The monoisotopic (exact) mass is 452 g/mol. The Morgan fingerprint density at radius 3 is 2.52 bits per heavy atom. The number of allylic oxidation sites excluding steroid dienone is 1. The van der Waals surface area contributed by atoms with E-state index >= 15 is 0 Å². The molecule has 1 aliphatic rings. The van der Waals surface area contributed by atoms with E-state index in [4.69, 9.17) is 14.2 Å². The molecule has 7 nitrogen and oxygen atoms in total. The van der Waals surface area contributed by atoms with Gasteiger partial charge in [-0.3, -0.25) is 0 Å². The quantitative estimate of drug-likeness (QED) is 0.494. The number of unbranched alkanes of at least 4 members (excludes halogenated alkanes) is 1. The van der Waals surface area contributed by atoms with Crippen molar-refractivity contribution in [2.75, 3.05) is 7.11 Å². The Kier molecular flexibility index (Phi) is 8.35. The molecule has 1 unspecified atom stereocenters. The number of benzene rings is 2. The molecular formula is C26H32N2O5. The average Bonchev–Trinajstić information content (AvgIpc) is 2.80. The number of carbonyl (C=O) groups excluding carboxylic acids is 2. The number of urea groups is 1. The molecule has 1 heterocycles. The van der Waals surface area contributed by atoms with Gasteiger partial charge in [0.1, 0.15) is 6.61 Å². The van der Waals surface area contributed by atoms with E-state index < -0.39 is 12.0 Å². The normalized spacial score (nSPS) is 15.7. The molecule has 2 aromatic carbocycles. The lowest BCUT2D eigenvalue weighted by molar-refractivity contribution is -0.143. The molecule has 176 valence electrons. The molecule has 7 heteroatoms. The van der Waals surface area contributed by atoms with Gasteiger partial charge in [-0.2, -0.15) is 0 Å². The van der Waals surface area contributed by atoms with Crippen LogP contribution in [0.2, 0.25) is 0 Å². The van der Waals surface area contributed by atoms with Crippen molar-refractivity contribution in [3.05, 3.63) is 70.9 Å². The Labute approximate surface area is 195 Å². The number of rotatable bonds is 10. The third-order valence-electron chi connectivity index (χ3n) is 5.25. The summed E-state index contributed by atoms with van der Waals surface area (Å²) >= 11 is 0. The summed E-state index contributed by atoms with van der Waals surface area (Å²) < 4.78 is 17.0. The molecule has 2 aromatic rings. The lowest BCUT2D eigenvalue weighted by atomic mass is 9.93. The topological polar surface area (TPSA) is 85.9 Å². The van der Waals surface area contributed by atoms with Gasteiger partial charge in [0.05, 0.1) is 24.8 Å². The maximum absolute atomic E-state index is 13.1. The first-order chi connectivity index (χ1) is 15.9. The summed E-state index contributed by atoms with van der Waals surface area (Å²) in [6, 6.07) is 14.2. The minimum absolute atomic E-state index is 0.281. The van der Waals surface area contributed by atoms with Crippen LogP contribution in [0, 0.1) is 0 Å². The van der Waals surface area contributed by atoms with Gasteiger partial charge < -0.3 is 24.8 Å². The van der Waals surface area contributed by atoms with Gasteiger partial charge in [0.25, 0.3) is 0 Å². The van der Waals surface area contributed by atoms with E-state index in [1.807, 2.05) is 36.4 Å². The molecule has 0 fully saturated rings. The summed E-state index contributed by atoms with van der Waals surface area (Å²) in [7, 11) is 1.57. The number of ether oxygens (including phenoxy) is 3. The molecule has 0 bridgehead atoms. The number of nitrogens with one attached hydrogen (secondary N) is 2. The number of methoxy groups -OCH3 is 1. The van der Waals surface area contributed by atoms with Crippen LogP contribution in [0.1, 0.15) is 57.2 Å². The van der Waals surface area contributed by atoms with E-state index in [9.17, 15) is 9.59 Å². The molecule has 1 aliphatic heterocycles. The van der Waals surface area contributed by atoms with Crippen molar-refractivity contribution in [1.82, 2.24) is 10.6 Å². The number of hydrogen-bond acceptors (Lipinski definition) is 5. The maximum Gasteiger partial charge on any atom is 0.338 e. The first-order valence-electron chi connectivity index (χ1n) is 11.3. The Balaban J connectivity index is 1.98. The summed E-state index contributed by atoms with van der Waals surface area (Å²) in [6.45, 7) is 6.03. The van der Waals surface area contributed by atoms with Gasteiger partial charge in [-0.15, -0.1) is 0 Å². The van der Waals surface area contributed by atoms with E-state index in [1.165, 1.54) is 0 Å². The molecule has 3 rings (SSSR count). The number of amides is 2. The van der Waals surface area contributed by atoms with Crippen molar-refractivity contribution in [1.29, 1.82) is 0 Å². The van der Waals surface area contributed by atoms with Gasteiger partial charge in [-0.25, -0.2) is 9.59 Å².